The van der Waals surface area contributed by atoms with E-state index in [9.17, 15) is 14.7 Å². The molecule has 0 unspecified atom stereocenters. The Hall–Kier alpha value is -2.84. The number of ether oxygens (including phenoxy) is 1. The zero-order chi connectivity index (χ0) is 21.7. The predicted octanol–water partition coefficient (Wildman–Crippen LogP) is 3.42. The number of nitrogens with one attached hydrogen (secondary N) is 1. The van der Waals surface area contributed by atoms with Crippen LogP contribution in [-0.4, -0.2) is 40.8 Å². The zero-order valence-electron chi connectivity index (χ0n) is 17.2. The molecule has 0 spiro atoms. The van der Waals surface area contributed by atoms with Crippen molar-refractivity contribution in [1.82, 2.24) is 5.32 Å². The largest absolute Gasteiger partial charge is 0.480 e. The van der Waals surface area contributed by atoms with Crippen molar-refractivity contribution >= 4 is 35.2 Å². The molecule has 0 atom stereocenters. The lowest BCUT2D eigenvalue weighted by Gasteiger charge is -2.24. The van der Waals surface area contributed by atoms with Crippen LogP contribution in [0.15, 0.2) is 58.5 Å². The van der Waals surface area contributed by atoms with E-state index in [1.54, 1.807) is 13.8 Å². The van der Waals surface area contributed by atoms with E-state index in [0.29, 0.717) is 19.0 Å². The summed E-state index contributed by atoms with van der Waals surface area (Å²) < 4.78 is 4.57. The molecule has 8 heteroatoms. The summed E-state index contributed by atoms with van der Waals surface area (Å²) in [6.07, 6.45) is 0. The molecule has 2 N–H and O–H groups in total. The van der Waals surface area contributed by atoms with Crippen LogP contribution in [0.5, 0.6) is 0 Å². The first kappa shape index (κ1) is 21.9. The van der Waals surface area contributed by atoms with Crippen LogP contribution in [0, 0.1) is 6.92 Å². The quantitative estimate of drug-likeness (QED) is 0.628. The van der Waals surface area contributed by atoms with Gasteiger partial charge in [-0.3, -0.25) is 9.59 Å². The zero-order valence-corrected chi connectivity index (χ0v) is 18.0. The first-order valence-corrected chi connectivity index (χ1v) is 10.4. The van der Waals surface area contributed by atoms with Gasteiger partial charge in [0.15, 0.2) is 6.61 Å². The van der Waals surface area contributed by atoms with Gasteiger partial charge in [-0.05, 0) is 56.2 Å². The standard InChI is InChI=1S/C22H25N3O4S/c1-15-5-4-6-17(11-15)25-20(26)14-29-19(24-25)13-23-12-16-7-9-18(10-8-16)30-22(2,3)21(27)28/h4-11,23H,12-14H2,1-3H3,(H,27,28). The number of hydrogen-bond acceptors (Lipinski definition) is 6. The first-order valence-electron chi connectivity index (χ1n) is 9.56. The number of thioether (sulfide) groups is 1. The van der Waals surface area contributed by atoms with Crippen molar-refractivity contribution in [3.8, 4) is 0 Å². The molecule has 0 fully saturated rings. The smallest absolute Gasteiger partial charge is 0.319 e. The Morgan fingerprint density at radius 2 is 1.97 bits per heavy atom. The van der Waals surface area contributed by atoms with Crippen molar-refractivity contribution in [2.45, 2.75) is 37.0 Å². The van der Waals surface area contributed by atoms with Gasteiger partial charge in [0.1, 0.15) is 4.75 Å². The summed E-state index contributed by atoms with van der Waals surface area (Å²) in [5.74, 6) is -0.599. The van der Waals surface area contributed by atoms with Gasteiger partial charge in [0, 0.05) is 11.4 Å². The van der Waals surface area contributed by atoms with Crippen LogP contribution in [-0.2, 0) is 20.9 Å². The Balaban J connectivity index is 1.56. The second-order valence-electron chi connectivity index (χ2n) is 7.49. The molecule has 2 aromatic carbocycles. The monoisotopic (exact) mass is 427 g/mol. The number of hydrogen-bond donors (Lipinski definition) is 2. The number of benzene rings is 2. The fourth-order valence-corrected chi connectivity index (χ4v) is 3.73. The summed E-state index contributed by atoms with van der Waals surface area (Å²) in [4.78, 5) is 24.3. The Bertz CT molecular complexity index is 957. The van der Waals surface area contributed by atoms with Crippen molar-refractivity contribution < 1.29 is 19.4 Å². The van der Waals surface area contributed by atoms with E-state index < -0.39 is 10.7 Å². The summed E-state index contributed by atoms with van der Waals surface area (Å²) in [6.45, 7) is 6.27. The lowest BCUT2D eigenvalue weighted by molar-refractivity contribution is -0.138. The van der Waals surface area contributed by atoms with Crippen molar-refractivity contribution in [3.05, 3.63) is 59.7 Å². The van der Waals surface area contributed by atoms with Gasteiger partial charge in [0.05, 0.1) is 12.2 Å². The average molecular weight is 428 g/mol. The number of aliphatic carboxylic acids is 1. The molecule has 1 aliphatic heterocycles. The van der Waals surface area contributed by atoms with Crippen molar-refractivity contribution in [1.29, 1.82) is 0 Å². The number of carbonyl (C=O) groups excluding carboxylic acids is 1. The van der Waals surface area contributed by atoms with Crippen molar-refractivity contribution in [2.75, 3.05) is 18.2 Å². The van der Waals surface area contributed by atoms with Crippen LogP contribution >= 0.6 is 11.8 Å². The fraction of sp³-hybridized carbons (Fsp3) is 0.318. The van der Waals surface area contributed by atoms with E-state index in [1.165, 1.54) is 16.8 Å². The second kappa shape index (κ2) is 9.32. The van der Waals surface area contributed by atoms with E-state index in [4.69, 9.17) is 4.74 Å². The van der Waals surface area contributed by atoms with Crippen LogP contribution in [0.25, 0.3) is 0 Å². The Morgan fingerprint density at radius 1 is 1.23 bits per heavy atom. The third kappa shape index (κ3) is 5.61. The highest BCUT2D eigenvalue weighted by atomic mass is 32.2. The number of carbonyl (C=O) groups is 2. The minimum atomic E-state index is -0.878. The lowest BCUT2D eigenvalue weighted by atomic mass is 10.2. The topological polar surface area (TPSA) is 91.2 Å². The molecule has 0 saturated carbocycles. The van der Waals surface area contributed by atoms with Crippen molar-refractivity contribution in [2.24, 2.45) is 5.10 Å². The lowest BCUT2D eigenvalue weighted by Crippen LogP contribution is -2.39. The van der Waals surface area contributed by atoms with Gasteiger partial charge in [-0.1, -0.05) is 24.3 Å². The normalized spacial score (nSPS) is 14.3. The number of nitrogens with zero attached hydrogens (tertiary/aromatic N) is 2. The number of anilines is 1. The van der Waals surface area contributed by atoms with E-state index in [-0.39, 0.29) is 12.5 Å². The Morgan fingerprint density at radius 3 is 2.63 bits per heavy atom. The minimum Gasteiger partial charge on any atom is -0.480 e. The Kier molecular flexibility index (Phi) is 6.79. The fourth-order valence-electron chi connectivity index (χ4n) is 2.78. The molecule has 158 valence electrons. The summed E-state index contributed by atoms with van der Waals surface area (Å²) >= 11 is 1.31. The van der Waals surface area contributed by atoms with Gasteiger partial charge >= 0.3 is 5.97 Å². The van der Waals surface area contributed by atoms with Crippen LogP contribution in [0.3, 0.4) is 0 Å². The first-order chi connectivity index (χ1) is 14.2. The molecule has 1 heterocycles. The van der Waals surface area contributed by atoms with Gasteiger partial charge in [-0.15, -0.1) is 16.9 Å². The average Bonchev–Trinajstić information content (AvgIpc) is 2.70. The molecule has 1 aliphatic rings. The number of carboxylic acid groups (broad SMARTS) is 1. The summed E-state index contributed by atoms with van der Waals surface area (Å²) in [5, 5.41) is 18.2. The van der Waals surface area contributed by atoms with Crippen LogP contribution in [0.2, 0.25) is 0 Å². The molecule has 0 saturated heterocycles. The molecule has 3 rings (SSSR count). The molecule has 0 bridgehead atoms. The third-order valence-corrected chi connectivity index (χ3v) is 5.67. The summed E-state index contributed by atoms with van der Waals surface area (Å²) in [6, 6.07) is 15.4. The predicted molar refractivity (Wildman–Crippen MR) is 118 cm³/mol. The molecular weight excluding hydrogens is 402 g/mol. The summed E-state index contributed by atoms with van der Waals surface area (Å²) in [7, 11) is 0. The Labute approximate surface area is 180 Å². The van der Waals surface area contributed by atoms with E-state index in [1.807, 2.05) is 55.5 Å². The molecular formula is C22H25N3O4S. The van der Waals surface area contributed by atoms with Crippen LogP contribution < -0.4 is 10.3 Å². The van der Waals surface area contributed by atoms with Gasteiger partial charge < -0.3 is 15.2 Å². The van der Waals surface area contributed by atoms with E-state index >= 15 is 0 Å². The maximum absolute atomic E-state index is 12.2. The molecule has 2 aromatic rings. The van der Waals surface area contributed by atoms with Gasteiger partial charge in [0.2, 0.25) is 5.90 Å². The molecule has 0 aromatic heterocycles. The SMILES string of the molecule is Cc1cccc(N2N=C(CNCc3ccc(SC(C)(C)C(=O)O)cc3)OCC2=O)c1. The maximum atomic E-state index is 12.2. The molecule has 0 aliphatic carbocycles. The van der Waals surface area contributed by atoms with Crippen LogP contribution in [0.1, 0.15) is 25.0 Å². The van der Waals surface area contributed by atoms with Gasteiger partial charge in [-0.25, -0.2) is 0 Å². The number of aryl methyl sites for hydroxylation is 1. The molecule has 1 amide bonds. The van der Waals surface area contributed by atoms with E-state index in [2.05, 4.69) is 10.4 Å². The highest BCUT2D eigenvalue weighted by Crippen LogP contribution is 2.32. The number of hydrazone groups is 1. The molecule has 30 heavy (non-hydrogen) atoms. The van der Waals surface area contributed by atoms with Gasteiger partial charge in [-0.2, -0.15) is 5.01 Å². The maximum Gasteiger partial charge on any atom is 0.319 e. The summed E-state index contributed by atoms with van der Waals surface area (Å²) in [5.41, 5.74) is 2.82. The minimum absolute atomic E-state index is 0.0419. The highest BCUT2D eigenvalue weighted by molar-refractivity contribution is 8.01. The van der Waals surface area contributed by atoms with Gasteiger partial charge in [0.25, 0.3) is 5.91 Å². The van der Waals surface area contributed by atoms with Crippen molar-refractivity contribution in [3.63, 3.8) is 0 Å². The molecule has 0 radical (unpaired) electrons. The number of carboxylic acids is 1. The third-order valence-electron chi connectivity index (χ3n) is 4.47. The van der Waals surface area contributed by atoms with E-state index in [0.717, 1.165) is 21.7 Å². The molecule has 7 nitrogen and oxygen atoms in total. The second-order valence-corrected chi connectivity index (χ2v) is 9.19. The number of amides is 1. The number of rotatable bonds is 8. The highest BCUT2D eigenvalue weighted by Gasteiger charge is 2.28. The van der Waals surface area contributed by atoms with Crippen LogP contribution in [0.4, 0.5) is 5.69 Å².